The molecule has 0 unspecified atom stereocenters. The summed E-state index contributed by atoms with van der Waals surface area (Å²) in [5.41, 5.74) is 0. The van der Waals surface area contributed by atoms with Crippen LogP contribution in [-0.4, -0.2) is 7.11 Å². The van der Waals surface area contributed by atoms with Gasteiger partial charge in [-0.2, -0.15) is 0 Å². The first-order valence-corrected chi connectivity index (χ1v) is 1.55. The molecule has 1 nitrogen and oxygen atoms in total. The van der Waals surface area contributed by atoms with E-state index in [1.54, 1.807) is 7.11 Å². The van der Waals surface area contributed by atoms with Crippen LogP contribution in [0.15, 0.2) is 26.0 Å². The molecule has 0 aliphatic heterocycles. The van der Waals surface area contributed by atoms with E-state index in [9.17, 15) is 0 Å². The molecule has 0 saturated carbocycles. The van der Waals surface area contributed by atoms with Crippen molar-refractivity contribution >= 4 is 0 Å². The van der Waals surface area contributed by atoms with Crippen LogP contribution in [0, 0.1) is 0 Å². The molecular weight excluding hydrogens is 76.1 g/mol. The molecule has 1 heteroatoms. The van der Waals surface area contributed by atoms with E-state index in [1.165, 1.54) is 6.26 Å². The van der Waals surface area contributed by atoms with Crippen LogP contribution in [0.1, 0.15) is 0 Å². The number of hydrogen-bond acceptors (Lipinski definition) is 1. The van der Waals surface area contributed by atoms with Crippen LogP contribution in [-0.2, 0) is 4.74 Å². The Morgan fingerprint density at radius 2 is 1.67 bits per heavy atom. The molecule has 0 fully saturated rings. The topological polar surface area (TPSA) is 9.23 Å². The predicted octanol–water partition coefficient (Wildman–Crippen LogP) is 1.58. The summed E-state index contributed by atoms with van der Waals surface area (Å²) in [6.07, 6.45) is 1.38. The van der Waals surface area contributed by atoms with E-state index in [0.29, 0.717) is 0 Å². The van der Waals surface area contributed by atoms with Gasteiger partial charge in [0.1, 0.15) is 0 Å². The maximum Gasteiger partial charge on any atom is 0.0766 e. The summed E-state index contributed by atoms with van der Waals surface area (Å²) in [5.74, 6) is 0. The Morgan fingerprint density at radius 1 is 1.50 bits per heavy atom. The molecule has 0 radical (unpaired) electrons. The fraction of sp³-hybridized carbons (Fsp3) is 0.200. The van der Waals surface area contributed by atoms with E-state index in [4.69, 9.17) is 0 Å². The van der Waals surface area contributed by atoms with Gasteiger partial charge in [-0.05, 0) is 0 Å². The van der Waals surface area contributed by atoms with Crippen LogP contribution in [0.5, 0.6) is 0 Å². The number of hydrogen-bond donors (Lipinski definition) is 0. The van der Waals surface area contributed by atoms with Gasteiger partial charge in [-0.1, -0.05) is 6.58 Å². The van der Waals surface area contributed by atoms with Crippen LogP contribution >= 0.6 is 0 Å². The van der Waals surface area contributed by atoms with Gasteiger partial charge in [0, 0.05) is 0 Å². The van der Waals surface area contributed by atoms with Crippen molar-refractivity contribution in [3.63, 3.8) is 0 Å². The molecule has 6 heavy (non-hydrogen) atoms. The molecule has 0 N–H and O–H groups in total. The first-order chi connectivity index (χ1) is 2.91. The van der Waals surface area contributed by atoms with Crippen molar-refractivity contribution in [2.75, 3.05) is 7.11 Å². The molecule has 0 heterocycles. The average molecular weight is 86.1 g/mol. The highest BCUT2D eigenvalue weighted by Gasteiger charge is 1.36. The van der Waals surface area contributed by atoms with Crippen molar-refractivity contribution < 1.29 is 4.74 Å². The minimum atomic E-state index is 1.38. The minimum Gasteiger partial charge on any atom is -0.505 e. The second kappa shape index (κ2) is 28.1. The molecule has 0 bridgehead atoms. The second-order valence-corrected chi connectivity index (χ2v) is 0.402. The van der Waals surface area contributed by atoms with Gasteiger partial charge in [-0.25, -0.2) is 0 Å². The van der Waals surface area contributed by atoms with Crippen molar-refractivity contribution in [1.29, 1.82) is 0 Å². The van der Waals surface area contributed by atoms with Gasteiger partial charge in [0.05, 0.1) is 13.4 Å². The Bertz CT molecular complexity index is 25.1. The molecule has 0 rings (SSSR count). The van der Waals surface area contributed by atoms with E-state index < -0.39 is 0 Å². The third-order valence-electron chi connectivity index (χ3n) is 0.167. The monoisotopic (exact) mass is 86.1 g/mol. The first-order valence-electron chi connectivity index (χ1n) is 1.55. The highest BCUT2D eigenvalue weighted by Crippen LogP contribution is 1.52. The van der Waals surface area contributed by atoms with Crippen LogP contribution in [0.3, 0.4) is 0 Å². The Hall–Kier alpha value is -0.720. The van der Waals surface area contributed by atoms with Crippen LogP contribution in [0.25, 0.3) is 0 Å². The fourth-order valence-corrected chi connectivity index (χ4v) is 0. The normalized spacial score (nSPS) is 4.17. The highest BCUT2D eigenvalue weighted by molar-refractivity contribution is 4.43. The van der Waals surface area contributed by atoms with Crippen molar-refractivity contribution in [3.8, 4) is 0 Å². The molecule has 0 aliphatic carbocycles. The molecular formula is C5H10O. The molecule has 0 spiro atoms. The van der Waals surface area contributed by atoms with Gasteiger partial charge >= 0.3 is 0 Å². The largest absolute Gasteiger partial charge is 0.505 e. The Morgan fingerprint density at radius 3 is 1.67 bits per heavy atom. The van der Waals surface area contributed by atoms with E-state index in [2.05, 4.69) is 24.5 Å². The van der Waals surface area contributed by atoms with Crippen molar-refractivity contribution in [2.24, 2.45) is 0 Å². The Kier molecular flexibility index (Phi) is 42.1. The van der Waals surface area contributed by atoms with Crippen LogP contribution in [0.4, 0.5) is 0 Å². The van der Waals surface area contributed by atoms with Crippen molar-refractivity contribution in [3.05, 3.63) is 26.0 Å². The van der Waals surface area contributed by atoms with Gasteiger partial charge < -0.3 is 4.74 Å². The Labute approximate surface area is 38.9 Å². The standard InChI is InChI=1S/C3H6O.C2H4/c1-3-4-2;1-2/h3H,1H2,2H3;1-2H2. The molecule has 0 atom stereocenters. The van der Waals surface area contributed by atoms with E-state index in [1.807, 2.05) is 0 Å². The quantitative estimate of drug-likeness (QED) is 0.347. The van der Waals surface area contributed by atoms with E-state index in [0.717, 1.165) is 0 Å². The zero-order valence-corrected chi connectivity index (χ0v) is 4.11. The summed E-state index contributed by atoms with van der Waals surface area (Å²) >= 11 is 0. The number of methoxy groups -OCH3 is 1. The lowest BCUT2D eigenvalue weighted by Crippen LogP contribution is -1.54. The molecule has 0 aromatic rings. The third kappa shape index (κ3) is 217. The third-order valence-corrected chi connectivity index (χ3v) is 0.167. The predicted molar refractivity (Wildman–Crippen MR) is 28.5 cm³/mol. The summed E-state index contributed by atoms with van der Waals surface area (Å²) in [6, 6.07) is 0. The lowest BCUT2D eigenvalue weighted by molar-refractivity contribution is 0.339. The average Bonchev–Trinajstić information content (AvgIpc) is 1.72. The smallest absolute Gasteiger partial charge is 0.0766 e. The summed E-state index contributed by atoms with van der Waals surface area (Å²) in [5, 5.41) is 0. The minimum absolute atomic E-state index is 1.38. The van der Waals surface area contributed by atoms with Crippen molar-refractivity contribution in [1.82, 2.24) is 0 Å². The Balaban J connectivity index is 0. The summed E-state index contributed by atoms with van der Waals surface area (Å²) in [7, 11) is 1.56. The first kappa shape index (κ1) is 8.99. The zero-order chi connectivity index (χ0) is 5.41. The number of ether oxygens (including phenoxy) is 1. The summed E-state index contributed by atoms with van der Waals surface area (Å²) in [6.45, 7) is 9.26. The molecule has 0 aromatic heterocycles. The van der Waals surface area contributed by atoms with Gasteiger partial charge in [0.25, 0.3) is 0 Å². The summed E-state index contributed by atoms with van der Waals surface area (Å²) < 4.78 is 4.31. The molecule has 0 amide bonds. The lowest BCUT2D eigenvalue weighted by atomic mass is 11.2. The second-order valence-electron chi connectivity index (χ2n) is 0.402. The van der Waals surface area contributed by atoms with E-state index in [-0.39, 0.29) is 0 Å². The van der Waals surface area contributed by atoms with Gasteiger partial charge in [0.2, 0.25) is 0 Å². The molecule has 0 aromatic carbocycles. The van der Waals surface area contributed by atoms with Gasteiger partial charge in [-0.15, -0.1) is 13.2 Å². The molecule has 0 aliphatic rings. The number of rotatable bonds is 1. The van der Waals surface area contributed by atoms with Crippen LogP contribution in [0.2, 0.25) is 0 Å². The summed E-state index contributed by atoms with van der Waals surface area (Å²) in [4.78, 5) is 0. The lowest BCUT2D eigenvalue weighted by Gasteiger charge is -1.73. The maximum atomic E-state index is 4.31. The molecule has 0 saturated heterocycles. The zero-order valence-electron chi connectivity index (χ0n) is 4.11. The van der Waals surface area contributed by atoms with Gasteiger partial charge in [-0.3, -0.25) is 0 Å². The van der Waals surface area contributed by atoms with E-state index >= 15 is 0 Å². The van der Waals surface area contributed by atoms with Crippen molar-refractivity contribution in [2.45, 2.75) is 0 Å². The maximum absolute atomic E-state index is 4.31. The fourth-order valence-electron chi connectivity index (χ4n) is 0. The van der Waals surface area contributed by atoms with Gasteiger partial charge in [0.15, 0.2) is 0 Å². The highest BCUT2D eigenvalue weighted by atomic mass is 16.5. The van der Waals surface area contributed by atoms with Crippen LogP contribution < -0.4 is 0 Å². The molecule has 36 valence electrons. The SMILES string of the molecule is C=C.C=COC.